The Morgan fingerprint density at radius 2 is 2.06 bits per heavy atom. The fourth-order valence-corrected chi connectivity index (χ4v) is 2.33. The lowest BCUT2D eigenvalue weighted by atomic mass is 10.1. The number of nitrogens with two attached hydrogens (primary N) is 1. The monoisotopic (exact) mass is 257 g/mol. The number of amides is 1. The van der Waals surface area contributed by atoms with Crippen LogP contribution < -0.4 is 11.1 Å². The highest BCUT2D eigenvalue weighted by atomic mass is 32.1. The average Bonchev–Trinajstić information content (AvgIpc) is 3.11. The highest BCUT2D eigenvalue weighted by molar-refractivity contribution is 7.80. The summed E-state index contributed by atoms with van der Waals surface area (Å²) in [5.74, 6) is -0.00161. The van der Waals surface area contributed by atoms with Gasteiger partial charge in [0.2, 0.25) is 5.91 Å². The number of hydrogen-bond acceptors (Lipinski definition) is 4. The summed E-state index contributed by atoms with van der Waals surface area (Å²) in [6, 6.07) is 0. The summed E-state index contributed by atoms with van der Waals surface area (Å²) in [6.45, 7) is 4.97. The van der Waals surface area contributed by atoms with Gasteiger partial charge < -0.3 is 15.8 Å². The van der Waals surface area contributed by atoms with Crippen molar-refractivity contribution in [2.75, 3.05) is 39.4 Å². The zero-order chi connectivity index (χ0) is 12.3. The van der Waals surface area contributed by atoms with Crippen molar-refractivity contribution in [1.29, 1.82) is 0 Å². The van der Waals surface area contributed by atoms with Crippen LogP contribution in [0.1, 0.15) is 12.8 Å². The first-order valence-corrected chi connectivity index (χ1v) is 6.44. The Labute approximate surface area is 107 Å². The van der Waals surface area contributed by atoms with Crippen molar-refractivity contribution in [2.45, 2.75) is 12.8 Å². The fourth-order valence-electron chi connectivity index (χ4n) is 2.03. The first kappa shape index (κ1) is 12.7. The van der Waals surface area contributed by atoms with E-state index in [4.69, 9.17) is 22.7 Å². The average molecular weight is 257 g/mol. The third-order valence-electron chi connectivity index (χ3n) is 3.47. The van der Waals surface area contributed by atoms with Gasteiger partial charge in [0.15, 0.2) is 0 Å². The minimum absolute atomic E-state index is 0.00161. The number of ether oxygens (including phenoxy) is 1. The Morgan fingerprint density at radius 1 is 1.41 bits per heavy atom. The molecule has 1 aliphatic carbocycles. The molecule has 6 heteroatoms. The second-order valence-electron chi connectivity index (χ2n) is 4.66. The third kappa shape index (κ3) is 2.94. The largest absolute Gasteiger partial charge is 0.392 e. The van der Waals surface area contributed by atoms with E-state index in [9.17, 15) is 4.79 Å². The van der Waals surface area contributed by atoms with Gasteiger partial charge in [-0.1, -0.05) is 12.2 Å². The lowest BCUT2D eigenvalue weighted by Crippen LogP contribution is -2.44. The molecule has 0 radical (unpaired) electrons. The fraction of sp³-hybridized carbons (Fsp3) is 0.818. The summed E-state index contributed by atoms with van der Waals surface area (Å²) in [5.41, 5.74) is 5.06. The summed E-state index contributed by atoms with van der Waals surface area (Å²) in [4.78, 5) is 14.5. The molecule has 5 nitrogen and oxygen atoms in total. The molecule has 1 saturated carbocycles. The molecule has 2 aliphatic rings. The van der Waals surface area contributed by atoms with Gasteiger partial charge in [-0.3, -0.25) is 9.69 Å². The number of nitrogens with one attached hydrogen (secondary N) is 1. The highest BCUT2D eigenvalue weighted by Gasteiger charge is 2.52. The molecule has 0 bridgehead atoms. The van der Waals surface area contributed by atoms with E-state index >= 15 is 0 Å². The van der Waals surface area contributed by atoms with Crippen LogP contribution in [0.25, 0.3) is 0 Å². The summed E-state index contributed by atoms with van der Waals surface area (Å²) >= 11 is 4.94. The van der Waals surface area contributed by atoms with Gasteiger partial charge in [-0.15, -0.1) is 0 Å². The van der Waals surface area contributed by atoms with Crippen molar-refractivity contribution in [2.24, 2.45) is 11.1 Å². The Hall–Kier alpha value is -0.720. The van der Waals surface area contributed by atoms with Crippen LogP contribution in [0.15, 0.2) is 0 Å². The minimum atomic E-state index is -0.527. The number of hydrogen-bond donors (Lipinski definition) is 2. The molecule has 96 valence electrons. The van der Waals surface area contributed by atoms with Crippen LogP contribution in [-0.2, 0) is 9.53 Å². The Bertz CT molecular complexity index is 312. The van der Waals surface area contributed by atoms with Gasteiger partial charge in [-0.2, -0.15) is 0 Å². The quantitative estimate of drug-likeness (QED) is 0.650. The van der Waals surface area contributed by atoms with Crippen molar-refractivity contribution < 1.29 is 9.53 Å². The maximum absolute atomic E-state index is 11.9. The molecule has 0 spiro atoms. The molecule has 1 amide bonds. The maximum Gasteiger partial charge on any atom is 0.233 e. The molecular weight excluding hydrogens is 238 g/mol. The first-order chi connectivity index (χ1) is 8.15. The number of nitrogens with zero attached hydrogens (tertiary/aromatic N) is 1. The van der Waals surface area contributed by atoms with Crippen molar-refractivity contribution in [1.82, 2.24) is 10.2 Å². The van der Waals surface area contributed by atoms with Crippen LogP contribution in [0.4, 0.5) is 0 Å². The topological polar surface area (TPSA) is 67.6 Å². The molecule has 0 aromatic carbocycles. The number of carbonyl (C=O) groups excluding carboxylic acids is 1. The second-order valence-corrected chi connectivity index (χ2v) is 5.10. The summed E-state index contributed by atoms with van der Waals surface area (Å²) in [5, 5.41) is 2.93. The van der Waals surface area contributed by atoms with Crippen LogP contribution >= 0.6 is 12.2 Å². The second kappa shape index (κ2) is 5.29. The van der Waals surface area contributed by atoms with Crippen LogP contribution in [0.5, 0.6) is 0 Å². The molecule has 0 unspecified atom stereocenters. The van der Waals surface area contributed by atoms with E-state index in [1.807, 2.05) is 0 Å². The molecule has 0 aromatic heterocycles. The van der Waals surface area contributed by atoms with E-state index in [2.05, 4.69) is 10.2 Å². The minimum Gasteiger partial charge on any atom is -0.392 e. The summed E-state index contributed by atoms with van der Waals surface area (Å²) in [6.07, 6.45) is 1.59. The van der Waals surface area contributed by atoms with Crippen molar-refractivity contribution in [3.8, 4) is 0 Å². The van der Waals surface area contributed by atoms with Gasteiger partial charge in [0.25, 0.3) is 0 Å². The summed E-state index contributed by atoms with van der Waals surface area (Å²) in [7, 11) is 0. The number of rotatable bonds is 5. The Morgan fingerprint density at radius 3 is 2.59 bits per heavy atom. The molecule has 0 atom stereocenters. The highest BCUT2D eigenvalue weighted by Crippen LogP contribution is 2.46. The van der Waals surface area contributed by atoms with Crippen molar-refractivity contribution >= 4 is 23.1 Å². The van der Waals surface area contributed by atoms with Crippen LogP contribution in [0.2, 0.25) is 0 Å². The summed E-state index contributed by atoms with van der Waals surface area (Å²) < 4.78 is 5.26. The normalized spacial score (nSPS) is 23.1. The predicted molar refractivity (Wildman–Crippen MR) is 68.7 cm³/mol. The van der Waals surface area contributed by atoms with E-state index in [0.29, 0.717) is 11.5 Å². The van der Waals surface area contributed by atoms with Gasteiger partial charge in [-0.25, -0.2) is 0 Å². The van der Waals surface area contributed by atoms with Crippen LogP contribution in [0, 0.1) is 5.41 Å². The molecule has 1 aliphatic heterocycles. The molecule has 1 saturated heterocycles. The molecule has 3 N–H and O–H groups in total. The number of thiocarbonyl (C=S) groups is 1. The Kier molecular flexibility index (Phi) is 3.96. The van der Waals surface area contributed by atoms with E-state index < -0.39 is 5.41 Å². The number of carbonyl (C=O) groups is 1. The first-order valence-electron chi connectivity index (χ1n) is 6.03. The third-order valence-corrected chi connectivity index (χ3v) is 3.86. The lowest BCUT2D eigenvalue weighted by molar-refractivity contribution is -0.124. The van der Waals surface area contributed by atoms with Crippen molar-refractivity contribution in [3.05, 3.63) is 0 Å². The van der Waals surface area contributed by atoms with E-state index in [1.54, 1.807) is 0 Å². The van der Waals surface area contributed by atoms with Crippen LogP contribution in [-0.4, -0.2) is 55.2 Å². The van der Waals surface area contributed by atoms with Gasteiger partial charge in [0.05, 0.1) is 23.6 Å². The zero-order valence-electron chi connectivity index (χ0n) is 9.91. The molecule has 17 heavy (non-hydrogen) atoms. The molecule has 2 rings (SSSR count). The standard InChI is InChI=1S/C11H19N3O2S/c12-9(17)11(1-2-11)10(15)13-3-4-14-5-7-16-8-6-14/h1-8H2,(H2,12,17)(H,13,15). The SMILES string of the molecule is NC(=S)C1(C(=O)NCCN2CCOCC2)CC1. The smallest absolute Gasteiger partial charge is 0.233 e. The van der Waals surface area contributed by atoms with E-state index in [1.165, 1.54) is 0 Å². The van der Waals surface area contributed by atoms with Gasteiger partial charge in [-0.05, 0) is 12.8 Å². The van der Waals surface area contributed by atoms with Gasteiger partial charge >= 0.3 is 0 Å². The van der Waals surface area contributed by atoms with Crippen LogP contribution in [0.3, 0.4) is 0 Å². The molecule has 2 fully saturated rings. The molecule has 1 heterocycles. The molecular formula is C11H19N3O2S. The zero-order valence-corrected chi connectivity index (χ0v) is 10.7. The van der Waals surface area contributed by atoms with E-state index in [-0.39, 0.29) is 5.91 Å². The number of morpholine rings is 1. The molecule has 0 aromatic rings. The van der Waals surface area contributed by atoms with Crippen molar-refractivity contribution in [3.63, 3.8) is 0 Å². The Balaban J connectivity index is 1.68. The van der Waals surface area contributed by atoms with E-state index in [0.717, 1.165) is 45.7 Å². The maximum atomic E-state index is 11.9. The predicted octanol–water partition coefficient (Wildman–Crippen LogP) is -0.499. The van der Waals surface area contributed by atoms with Gasteiger partial charge in [0.1, 0.15) is 0 Å². The van der Waals surface area contributed by atoms with Gasteiger partial charge in [0, 0.05) is 26.2 Å². The lowest BCUT2D eigenvalue weighted by Gasteiger charge is -2.26.